The molecule has 9 nitrogen and oxygen atoms in total. The number of ether oxygens (including phenoxy) is 2. The minimum Gasteiger partial charge on any atom is -0.495 e. The van der Waals surface area contributed by atoms with Crippen molar-refractivity contribution in [1.82, 2.24) is 19.2 Å². The van der Waals surface area contributed by atoms with Gasteiger partial charge in [-0.3, -0.25) is 4.90 Å². The van der Waals surface area contributed by atoms with E-state index in [4.69, 9.17) is 9.47 Å². The number of aromatic nitrogens is 2. The Balaban J connectivity index is 1.71. The second-order valence-electron chi connectivity index (χ2n) is 9.80. The maximum atomic E-state index is 13.7. The van der Waals surface area contributed by atoms with Crippen molar-refractivity contribution in [3.63, 3.8) is 0 Å². The molecule has 1 aliphatic rings. The molecular formula is C29H34N4O5S. The van der Waals surface area contributed by atoms with Crippen molar-refractivity contribution in [3.05, 3.63) is 77.9 Å². The van der Waals surface area contributed by atoms with Crippen molar-refractivity contribution in [1.29, 1.82) is 0 Å². The van der Waals surface area contributed by atoms with Crippen LogP contribution in [0.3, 0.4) is 0 Å². The van der Waals surface area contributed by atoms with Gasteiger partial charge in [-0.2, -0.15) is 4.31 Å². The third-order valence-corrected chi connectivity index (χ3v) is 8.69. The zero-order valence-corrected chi connectivity index (χ0v) is 23.4. The molecule has 0 bridgehead atoms. The molecule has 4 rings (SSSR count). The van der Waals surface area contributed by atoms with E-state index in [-0.39, 0.29) is 35.8 Å². The van der Waals surface area contributed by atoms with Crippen molar-refractivity contribution in [2.45, 2.75) is 37.4 Å². The Morgan fingerprint density at radius 1 is 1.21 bits per heavy atom. The van der Waals surface area contributed by atoms with Crippen molar-refractivity contribution in [2.75, 3.05) is 33.9 Å². The van der Waals surface area contributed by atoms with Crippen LogP contribution in [0.5, 0.6) is 11.5 Å². The summed E-state index contributed by atoms with van der Waals surface area (Å²) in [6.07, 6.45) is 4.70. The first-order valence-corrected chi connectivity index (χ1v) is 14.2. The van der Waals surface area contributed by atoms with E-state index in [0.717, 1.165) is 11.1 Å². The van der Waals surface area contributed by atoms with Gasteiger partial charge in [-0.15, -0.1) is 0 Å². The van der Waals surface area contributed by atoms with Crippen LogP contribution in [0.15, 0.2) is 66.1 Å². The first kappa shape index (κ1) is 28.5. The minimum absolute atomic E-state index is 0.0571. The Hall–Kier alpha value is -3.49. The molecule has 0 amide bonds. The molecule has 1 N–H and O–H groups in total. The first-order chi connectivity index (χ1) is 18.7. The van der Waals surface area contributed by atoms with Crippen LogP contribution in [0.1, 0.15) is 30.5 Å². The third-order valence-electron chi connectivity index (χ3n) is 6.67. The van der Waals surface area contributed by atoms with Crippen LogP contribution in [0, 0.1) is 17.8 Å². The van der Waals surface area contributed by atoms with E-state index in [9.17, 15) is 13.5 Å². The molecule has 3 atom stereocenters. The largest absolute Gasteiger partial charge is 0.495 e. The summed E-state index contributed by atoms with van der Waals surface area (Å²) in [4.78, 5) is 10.3. The van der Waals surface area contributed by atoms with Gasteiger partial charge in [0.1, 0.15) is 28.8 Å². The second-order valence-corrected chi connectivity index (χ2v) is 11.7. The molecule has 1 aromatic heterocycles. The molecule has 206 valence electrons. The van der Waals surface area contributed by atoms with Gasteiger partial charge in [0, 0.05) is 55.1 Å². The Kier molecular flexibility index (Phi) is 9.20. The lowest BCUT2D eigenvalue weighted by molar-refractivity contribution is 0.0733. The average Bonchev–Trinajstić information content (AvgIpc) is 2.94. The van der Waals surface area contributed by atoms with Crippen LogP contribution in [0.25, 0.3) is 0 Å². The lowest BCUT2D eigenvalue weighted by Gasteiger charge is -2.37. The number of aliphatic hydroxyl groups is 1. The first-order valence-electron chi connectivity index (χ1n) is 12.7. The number of sulfonamides is 1. The lowest BCUT2D eigenvalue weighted by Crippen LogP contribution is -2.49. The van der Waals surface area contributed by atoms with Crippen LogP contribution in [0.2, 0.25) is 0 Å². The van der Waals surface area contributed by atoms with Crippen LogP contribution < -0.4 is 9.47 Å². The number of rotatable bonds is 7. The summed E-state index contributed by atoms with van der Waals surface area (Å²) < 4.78 is 40.7. The predicted molar refractivity (Wildman–Crippen MR) is 148 cm³/mol. The molecule has 0 spiro atoms. The molecule has 10 heteroatoms. The third kappa shape index (κ3) is 6.75. The quantitative estimate of drug-likeness (QED) is 0.448. The standard InChI is InChI=1S/C29H34N4O5S/c1-21-16-33(22(2)19-34)39(35,36)29-12-10-23(9-11-25-7-5-6-8-26(25)37-4)13-27(29)38-28(21)18-32(3)17-24-14-30-20-31-15-24/h5-8,10,12-15,20-22,28,34H,16-19H2,1-4H3/t21-,22-,28+/m1/s1. The monoisotopic (exact) mass is 550 g/mol. The number of benzene rings is 2. The lowest BCUT2D eigenvalue weighted by atomic mass is 10.0. The van der Waals surface area contributed by atoms with Gasteiger partial charge in [0.05, 0.1) is 19.3 Å². The maximum Gasteiger partial charge on any atom is 0.247 e. The number of aliphatic hydroxyl groups excluding tert-OH is 1. The van der Waals surface area contributed by atoms with Gasteiger partial charge in [0.15, 0.2) is 0 Å². The molecule has 2 aromatic carbocycles. The van der Waals surface area contributed by atoms with Crippen molar-refractivity contribution in [3.8, 4) is 23.3 Å². The van der Waals surface area contributed by atoms with E-state index < -0.39 is 16.1 Å². The Labute approximate surface area is 230 Å². The summed E-state index contributed by atoms with van der Waals surface area (Å²) in [5.74, 6) is 6.95. The zero-order chi connectivity index (χ0) is 28.0. The summed E-state index contributed by atoms with van der Waals surface area (Å²) in [6, 6.07) is 11.7. The van der Waals surface area contributed by atoms with Crippen LogP contribution >= 0.6 is 0 Å². The van der Waals surface area contributed by atoms with E-state index in [1.807, 2.05) is 38.2 Å². The van der Waals surface area contributed by atoms with Crippen LogP contribution in [-0.4, -0.2) is 78.7 Å². The Bertz CT molecular complexity index is 1440. The highest BCUT2D eigenvalue weighted by Gasteiger charge is 2.38. The average molecular weight is 551 g/mol. The topological polar surface area (TPSA) is 105 Å². The van der Waals surface area contributed by atoms with E-state index in [2.05, 4.69) is 26.7 Å². The van der Waals surface area contributed by atoms with Crippen LogP contribution in [0.4, 0.5) is 0 Å². The summed E-state index contributed by atoms with van der Waals surface area (Å²) in [5, 5.41) is 9.87. The molecule has 39 heavy (non-hydrogen) atoms. The van der Waals surface area contributed by atoms with E-state index >= 15 is 0 Å². The van der Waals surface area contributed by atoms with Gasteiger partial charge >= 0.3 is 0 Å². The van der Waals surface area contributed by atoms with Gasteiger partial charge in [-0.05, 0) is 44.3 Å². The number of methoxy groups -OCH3 is 1. The smallest absolute Gasteiger partial charge is 0.247 e. The Morgan fingerprint density at radius 3 is 2.67 bits per heavy atom. The summed E-state index contributed by atoms with van der Waals surface area (Å²) in [7, 11) is -0.367. The fourth-order valence-electron chi connectivity index (χ4n) is 4.50. The van der Waals surface area contributed by atoms with Crippen LogP contribution in [-0.2, 0) is 16.6 Å². The zero-order valence-electron chi connectivity index (χ0n) is 22.6. The second kappa shape index (κ2) is 12.6. The van der Waals surface area contributed by atoms with Crippen molar-refractivity contribution in [2.24, 2.45) is 5.92 Å². The summed E-state index contributed by atoms with van der Waals surface area (Å²) in [5.41, 5.74) is 2.30. The summed E-state index contributed by atoms with van der Waals surface area (Å²) in [6.45, 7) is 4.74. The molecule has 2 heterocycles. The van der Waals surface area contributed by atoms with E-state index in [0.29, 0.717) is 24.4 Å². The van der Waals surface area contributed by atoms with E-state index in [1.165, 1.54) is 16.7 Å². The highest BCUT2D eigenvalue weighted by molar-refractivity contribution is 7.89. The molecule has 0 radical (unpaired) electrons. The predicted octanol–water partition coefficient (Wildman–Crippen LogP) is 2.79. The molecular weight excluding hydrogens is 516 g/mol. The SMILES string of the molecule is COc1ccccc1C#Cc1ccc2c(c1)O[C@@H](CN(C)Cc1cncnc1)[C@H](C)CN([C@H](C)CO)S2(=O)=O. The fourth-order valence-corrected chi connectivity index (χ4v) is 6.33. The Morgan fingerprint density at radius 2 is 1.95 bits per heavy atom. The number of fused-ring (bicyclic) bond motifs is 1. The van der Waals surface area contributed by atoms with Crippen molar-refractivity contribution >= 4 is 10.0 Å². The molecule has 0 unspecified atom stereocenters. The minimum atomic E-state index is -3.93. The van der Waals surface area contributed by atoms with E-state index in [1.54, 1.807) is 38.6 Å². The number of hydrogen-bond acceptors (Lipinski definition) is 8. The number of likely N-dealkylation sites (N-methyl/N-ethyl adjacent to an activating group) is 1. The molecule has 3 aromatic rings. The highest BCUT2D eigenvalue weighted by Crippen LogP contribution is 2.34. The highest BCUT2D eigenvalue weighted by atomic mass is 32.2. The van der Waals surface area contributed by atoms with Gasteiger partial charge in [-0.25, -0.2) is 18.4 Å². The number of para-hydroxylation sites is 1. The molecule has 0 saturated heterocycles. The van der Waals surface area contributed by atoms with Gasteiger partial charge < -0.3 is 14.6 Å². The maximum absolute atomic E-state index is 13.7. The number of hydrogen-bond donors (Lipinski definition) is 1. The molecule has 0 saturated carbocycles. The van der Waals surface area contributed by atoms with Gasteiger partial charge in [-0.1, -0.05) is 30.9 Å². The number of nitrogens with zero attached hydrogens (tertiary/aromatic N) is 4. The summed E-state index contributed by atoms with van der Waals surface area (Å²) >= 11 is 0. The normalized spacial score (nSPS) is 19.5. The molecule has 0 fully saturated rings. The van der Waals surface area contributed by atoms with Gasteiger partial charge in [0.25, 0.3) is 0 Å². The molecule has 1 aliphatic heterocycles. The molecule has 0 aliphatic carbocycles. The fraction of sp³-hybridized carbons (Fsp3) is 0.379. The van der Waals surface area contributed by atoms with Gasteiger partial charge in [0.2, 0.25) is 10.0 Å². The van der Waals surface area contributed by atoms with Crippen molar-refractivity contribution < 1.29 is 23.0 Å².